The Morgan fingerprint density at radius 2 is 1.95 bits per heavy atom. The predicted molar refractivity (Wildman–Crippen MR) is 79.0 cm³/mol. The molecule has 6 heteroatoms. The number of hydrogen-bond donors (Lipinski definition) is 0. The van der Waals surface area contributed by atoms with Crippen LogP contribution in [0.3, 0.4) is 0 Å². The molecule has 0 spiro atoms. The van der Waals surface area contributed by atoms with Crippen LogP contribution in [0.15, 0.2) is 30.3 Å². The zero-order valence-corrected chi connectivity index (χ0v) is 12.6. The lowest BCUT2D eigenvalue weighted by molar-refractivity contribution is 0.0784. The highest BCUT2D eigenvalue weighted by Crippen LogP contribution is 2.18. The first-order chi connectivity index (χ1) is 9.49. The first-order valence-electron chi connectivity index (χ1n) is 5.97. The van der Waals surface area contributed by atoms with Gasteiger partial charge in [0.2, 0.25) is 0 Å². The molecule has 0 aliphatic carbocycles. The van der Waals surface area contributed by atoms with Gasteiger partial charge in [0.05, 0.1) is 5.56 Å². The van der Waals surface area contributed by atoms with Crippen molar-refractivity contribution in [3.8, 4) is 0 Å². The van der Waals surface area contributed by atoms with Gasteiger partial charge in [-0.1, -0.05) is 47.5 Å². The molecule has 1 amide bonds. The summed E-state index contributed by atoms with van der Waals surface area (Å²) in [6, 6.07) is 9.32. The molecule has 0 fully saturated rings. The highest BCUT2D eigenvalue weighted by Gasteiger charge is 2.18. The van der Waals surface area contributed by atoms with Crippen molar-refractivity contribution in [2.45, 2.75) is 13.5 Å². The van der Waals surface area contributed by atoms with E-state index in [1.807, 2.05) is 31.2 Å². The van der Waals surface area contributed by atoms with Gasteiger partial charge in [0.25, 0.3) is 5.91 Å². The summed E-state index contributed by atoms with van der Waals surface area (Å²) in [5.41, 5.74) is 2.46. The van der Waals surface area contributed by atoms with E-state index in [0.717, 1.165) is 11.1 Å². The molecule has 104 valence electrons. The summed E-state index contributed by atoms with van der Waals surface area (Å²) in [5, 5.41) is 7.43. The number of hydrogen-bond acceptors (Lipinski definition) is 3. The van der Waals surface area contributed by atoms with Crippen LogP contribution in [0.2, 0.25) is 10.3 Å². The molecule has 0 saturated heterocycles. The van der Waals surface area contributed by atoms with Gasteiger partial charge in [0, 0.05) is 13.6 Å². The first-order valence-corrected chi connectivity index (χ1v) is 6.73. The van der Waals surface area contributed by atoms with Crippen LogP contribution in [0.1, 0.15) is 21.5 Å². The zero-order chi connectivity index (χ0) is 14.7. The minimum absolute atomic E-state index is 0.0519. The summed E-state index contributed by atoms with van der Waals surface area (Å²) < 4.78 is 0. The molecule has 0 N–H and O–H groups in total. The SMILES string of the molecule is Cc1ccccc1CN(C)C(=O)c1cc(Cl)nnc1Cl. The molecule has 0 unspecified atom stereocenters. The Hall–Kier alpha value is -1.65. The Morgan fingerprint density at radius 1 is 1.25 bits per heavy atom. The molecule has 20 heavy (non-hydrogen) atoms. The predicted octanol–water partition coefficient (Wildman–Crippen LogP) is 3.36. The second-order valence-electron chi connectivity index (χ2n) is 4.46. The quantitative estimate of drug-likeness (QED) is 0.873. The molecule has 0 atom stereocenters. The number of rotatable bonds is 3. The summed E-state index contributed by atoms with van der Waals surface area (Å²) in [6.45, 7) is 2.49. The molecular formula is C14H13Cl2N3O. The van der Waals surface area contributed by atoms with Crippen molar-refractivity contribution in [3.05, 3.63) is 57.3 Å². The second-order valence-corrected chi connectivity index (χ2v) is 5.20. The number of carbonyl (C=O) groups is 1. The van der Waals surface area contributed by atoms with Crippen molar-refractivity contribution in [2.75, 3.05) is 7.05 Å². The molecule has 2 rings (SSSR count). The molecule has 2 aromatic rings. The van der Waals surface area contributed by atoms with E-state index in [9.17, 15) is 4.79 Å². The minimum atomic E-state index is -0.241. The Kier molecular flexibility index (Phi) is 4.57. The molecule has 0 radical (unpaired) electrons. The van der Waals surface area contributed by atoms with Crippen LogP contribution >= 0.6 is 23.2 Å². The van der Waals surface area contributed by atoms with Crippen LogP contribution in [0, 0.1) is 6.92 Å². The minimum Gasteiger partial charge on any atom is -0.337 e. The molecule has 1 aromatic carbocycles. The number of nitrogens with zero attached hydrogens (tertiary/aromatic N) is 3. The smallest absolute Gasteiger partial charge is 0.257 e. The second kappa shape index (κ2) is 6.20. The van der Waals surface area contributed by atoms with Crippen molar-refractivity contribution >= 4 is 29.1 Å². The molecule has 0 saturated carbocycles. The topological polar surface area (TPSA) is 46.1 Å². The molecule has 0 bridgehead atoms. The average Bonchev–Trinajstić information content (AvgIpc) is 2.43. The van der Waals surface area contributed by atoms with Gasteiger partial charge in [-0.05, 0) is 24.1 Å². The van der Waals surface area contributed by atoms with E-state index >= 15 is 0 Å². The summed E-state index contributed by atoms with van der Waals surface area (Å²) in [4.78, 5) is 13.9. The normalized spacial score (nSPS) is 10.4. The van der Waals surface area contributed by atoms with Crippen molar-refractivity contribution in [2.24, 2.45) is 0 Å². The van der Waals surface area contributed by atoms with E-state index in [-0.39, 0.29) is 21.8 Å². The molecule has 4 nitrogen and oxygen atoms in total. The highest BCUT2D eigenvalue weighted by atomic mass is 35.5. The van der Waals surface area contributed by atoms with Crippen LogP contribution in [-0.4, -0.2) is 28.1 Å². The molecular weight excluding hydrogens is 297 g/mol. The van der Waals surface area contributed by atoms with Crippen molar-refractivity contribution in [3.63, 3.8) is 0 Å². The third kappa shape index (κ3) is 3.26. The van der Waals surface area contributed by atoms with E-state index in [1.54, 1.807) is 11.9 Å². The summed E-state index contributed by atoms with van der Waals surface area (Å²) in [6.07, 6.45) is 0. The van der Waals surface area contributed by atoms with E-state index in [0.29, 0.717) is 6.54 Å². The fraction of sp³-hybridized carbons (Fsp3) is 0.214. The highest BCUT2D eigenvalue weighted by molar-refractivity contribution is 6.34. The Bertz CT molecular complexity index is 646. The van der Waals surface area contributed by atoms with Gasteiger partial charge >= 0.3 is 0 Å². The Labute approximate surface area is 127 Å². The van der Waals surface area contributed by atoms with Crippen LogP contribution < -0.4 is 0 Å². The monoisotopic (exact) mass is 309 g/mol. The summed E-state index contributed by atoms with van der Waals surface area (Å²) in [7, 11) is 1.71. The van der Waals surface area contributed by atoms with Crippen molar-refractivity contribution in [1.29, 1.82) is 0 Å². The van der Waals surface area contributed by atoms with Gasteiger partial charge in [-0.3, -0.25) is 4.79 Å². The number of aromatic nitrogens is 2. The lowest BCUT2D eigenvalue weighted by Crippen LogP contribution is -2.27. The lowest BCUT2D eigenvalue weighted by atomic mass is 10.1. The van der Waals surface area contributed by atoms with Gasteiger partial charge in [-0.15, -0.1) is 10.2 Å². The summed E-state index contributed by atoms with van der Waals surface area (Å²) >= 11 is 11.6. The molecule has 1 aromatic heterocycles. The van der Waals surface area contributed by atoms with Crippen molar-refractivity contribution in [1.82, 2.24) is 15.1 Å². The summed E-state index contributed by atoms with van der Waals surface area (Å²) in [5.74, 6) is -0.241. The Balaban J connectivity index is 2.21. The van der Waals surface area contributed by atoms with Crippen LogP contribution in [0.5, 0.6) is 0 Å². The van der Waals surface area contributed by atoms with E-state index in [4.69, 9.17) is 23.2 Å². The van der Waals surface area contributed by atoms with Crippen LogP contribution in [-0.2, 0) is 6.54 Å². The molecule has 1 heterocycles. The maximum atomic E-state index is 12.3. The van der Waals surface area contributed by atoms with Gasteiger partial charge in [0.1, 0.15) is 0 Å². The number of amides is 1. The third-order valence-electron chi connectivity index (χ3n) is 2.96. The third-order valence-corrected chi connectivity index (χ3v) is 3.43. The van der Waals surface area contributed by atoms with E-state index in [1.165, 1.54) is 6.07 Å². The van der Waals surface area contributed by atoms with Gasteiger partial charge in [0.15, 0.2) is 10.3 Å². The maximum Gasteiger partial charge on any atom is 0.257 e. The standard InChI is InChI=1S/C14H13Cl2N3O/c1-9-5-3-4-6-10(9)8-19(2)14(20)11-7-12(15)17-18-13(11)16/h3-7H,8H2,1-2H3. The van der Waals surface area contributed by atoms with Crippen LogP contribution in [0.4, 0.5) is 0 Å². The fourth-order valence-corrected chi connectivity index (χ4v) is 2.14. The number of benzene rings is 1. The number of aryl methyl sites for hydroxylation is 1. The number of carbonyl (C=O) groups excluding carboxylic acids is 1. The van der Waals surface area contributed by atoms with Crippen LogP contribution in [0.25, 0.3) is 0 Å². The average molecular weight is 310 g/mol. The Morgan fingerprint density at radius 3 is 2.65 bits per heavy atom. The maximum absolute atomic E-state index is 12.3. The molecule has 0 aliphatic heterocycles. The number of halogens is 2. The van der Waals surface area contributed by atoms with Gasteiger partial charge in [-0.2, -0.15) is 0 Å². The zero-order valence-electron chi connectivity index (χ0n) is 11.1. The van der Waals surface area contributed by atoms with E-state index in [2.05, 4.69) is 10.2 Å². The van der Waals surface area contributed by atoms with Gasteiger partial charge < -0.3 is 4.90 Å². The van der Waals surface area contributed by atoms with Crippen molar-refractivity contribution < 1.29 is 4.79 Å². The van der Waals surface area contributed by atoms with E-state index < -0.39 is 0 Å². The largest absolute Gasteiger partial charge is 0.337 e. The van der Waals surface area contributed by atoms with Gasteiger partial charge in [-0.25, -0.2) is 0 Å². The molecule has 0 aliphatic rings. The first kappa shape index (κ1) is 14.8. The lowest BCUT2D eigenvalue weighted by Gasteiger charge is -2.18. The fourth-order valence-electron chi connectivity index (χ4n) is 1.82.